The summed E-state index contributed by atoms with van der Waals surface area (Å²) < 4.78 is 7.07. The van der Waals surface area contributed by atoms with Crippen molar-refractivity contribution in [2.45, 2.75) is 0 Å². The van der Waals surface area contributed by atoms with Crippen molar-refractivity contribution in [3.8, 4) is 17.2 Å². The lowest BCUT2D eigenvalue weighted by Gasteiger charge is -2.28. The van der Waals surface area contributed by atoms with E-state index in [2.05, 4.69) is 27.0 Å². The molecule has 5 rings (SSSR count). The molecule has 1 aliphatic heterocycles. The molecular formula is C27H26N6O2. The molecule has 1 aromatic carbocycles. The highest BCUT2D eigenvalue weighted by Gasteiger charge is 2.16. The summed E-state index contributed by atoms with van der Waals surface area (Å²) in [6, 6.07) is 15.1. The molecule has 8 heteroatoms. The Hall–Kier alpha value is -4.35. The highest BCUT2D eigenvalue weighted by molar-refractivity contribution is 5.95. The molecule has 0 saturated carbocycles. The minimum absolute atomic E-state index is 0.162. The summed E-state index contributed by atoms with van der Waals surface area (Å²) in [4.78, 5) is 25.3. The number of aromatic amines is 1. The number of nitriles is 1. The first-order valence-corrected chi connectivity index (χ1v) is 11.5. The Balaban J connectivity index is 1.55. The Kier molecular flexibility index (Phi) is 6.08. The van der Waals surface area contributed by atoms with Crippen molar-refractivity contribution in [3.05, 3.63) is 88.7 Å². The van der Waals surface area contributed by atoms with Gasteiger partial charge in [-0.2, -0.15) is 5.26 Å². The Morgan fingerprint density at radius 3 is 2.77 bits per heavy atom. The summed E-state index contributed by atoms with van der Waals surface area (Å²) >= 11 is 0. The summed E-state index contributed by atoms with van der Waals surface area (Å²) in [5, 5.41) is 10.3. The van der Waals surface area contributed by atoms with Gasteiger partial charge in [0.15, 0.2) is 0 Å². The number of anilines is 1. The van der Waals surface area contributed by atoms with E-state index in [1.807, 2.05) is 55.8 Å². The summed E-state index contributed by atoms with van der Waals surface area (Å²) in [7, 11) is 3.80. The number of nitrogens with one attached hydrogen (secondary N) is 1. The first-order chi connectivity index (χ1) is 17.0. The predicted octanol–water partition coefficient (Wildman–Crippen LogP) is 3.51. The van der Waals surface area contributed by atoms with Crippen LogP contribution >= 0.6 is 0 Å². The molecule has 1 aliphatic rings. The highest BCUT2D eigenvalue weighted by atomic mass is 16.5. The first kappa shape index (κ1) is 22.4. The van der Waals surface area contributed by atoms with E-state index in [0.29, 0.717) is 24.5 Å². The lowest BCUT2D eigenvalue weighted by Crippen LogP contribution is -2.36. The second-order valence-electron chi connectivity index (χ2n) is 8.69. The number of H-pyrrole nitrogens is 1. The van der Waals surface area contributed by atoms with Crippen LogP contribution in [0.15, 0.2) is 72.0 Å². The van der Waals surface area contributed by atoms with Crippen LogP contribution in [0.5, 0.6) is 0 Å². The minimum atomic E-state index is -0.162. The Labute approximate surface area is 203 Å². The number of hydrogen-bond donors (Lipinski definition) is 1. The number of benzene rings is 1. The van der Waals surface area contributed by atoms with Crippen molar-refractivity contribution in [3.63, 3.8) is 0 Å². The molecule has 0 amide bonds. The van der Waals surface area contributed by atoms with Crippen molar-refractivity contribution >= 4 is 22.4 Å². The fraction of sp³-hybridized carbons (Fsp3) is 0.222. The lowest BCUT2D eigenvalue weighted by molar-refractivity contribution is 0.122. The molecule has 0 radical (unpaired) electrons. The summed E-state index contributed by atoms with van der Waals surface area (Å²) in [6.07, 6.45) is 7.43. The fourth-order valence-corrected chi connectivity index (χ4v) is 4.34. The monoisotopic (exact) mass is 466 g/mol. The molecule has 8 nitrogen and oxygen atoms in total. The summed E-state index contributed by atoms with van der Waals surface area (Å²) in [6.45, 7) is 3.07. The van der Waals surface area contributed by atoms with E-state index in [4.69, 9.17) is 4.74 Å². The maximum atomic E-state index is 13.3. The number of ether oxygens (including phenoxy) is 1. The van der Waals surface area contributed by atoms with Gasteiger partial charge in [-0.25, -0.2) is 4.98 Å². The van der Waals surface area contributed by atoms with E-state index in [9.17, 15) is 10.1 Å². The predicted molar refractivity (Wildman–Crippen MR) is 137 cm³/mol. The van der Waals surface area contributed by atoms with Crippen LogP contribution in [0.4, 0.5) is 5.69 Å². The van der Waals surface area contributed by atoms with Gasteiger partial charge in [0.1, 0.15) is 5.65 Å². The Morgan fingerprint density at radius 2 is 2.03 bits per heavy atom. The molecule has 1 fully saturated rings. The van der Waals surface area contributed by atoms with Crippen LogP contribution in [0.3, 0.4) is 0 Å². The molecule has 0 bridgehead atoms. The van der Waals surface area contributed by atoms with Crippen LogP contribution in [0.2, 0.25) is 0 Å². The van der Waals surface area contributed by atoms with E-state index < -0.39 is 0 Å². The van der Waals surface area contributed by atoms with E-state index >= 15 is 0 Å². The van der Waals surface area contributed by atoms with E-state index in [1.54, 1.807) is 29.0 Å². The standard InChI is InChI=1S/C27H26N6O2/c1-31(2)18-25(21-5-3-4-19(12-21)15-28)33-7-6-20(13-26(33)34)24-17-30-27-23(24)14-22(16-29-27)32-8-10-35-11-9-32/h3-7,12-14,16-18H,8-11H2,1-2H3,(H,29,30)/b25-18-. The SMILES string of the molecule is CN(C)/C=C(/c1cccc(C#N)c1)n1ccc(-c2c[nH]c3ncc(N4CCOCC4)cc23)cc1=O. The number of morpholine rings is 1. The van der Waals surface area contributed by atoms with Crippen LogP contribution in [0, 0.1) is 11.3 Å². The molecular weight excluding hydrogens is 440 g/mol. The zero-order chi connectivity index (χ0) is 24.4. The van der Waals surface area contributed by atoms with Crippen molar-refractivity contribution in [1.82, 2.24) is 19.4 Å². The van der Waals surface area contributed by atoms with Crippen molar-refractivity contribution in [2.75, 3.05) is 45.3 Å². The topological polar surface area (TPSA) is 90.2 Å². The smallest absolute Gasteiger partial charge is 0.255 e. The molecule has 1 saturated heterocycles. The van der Waals surface area contributed by atoms with Gasteiger partial charge in [0.2, 0.25) is 0 Å². The van der Waals surface area contributed by atoms with Crippen molar-refractivity contribution in [2.24, 2.45) is 0 Å². The Bertz CT molecular complexity index is 1500. The van der Waals surface area contributed by atoms with E-state index in [1.165, 1.54) is 0 Å². The second kappa shape index (κ2) is 9.49. The number of rotatable bonds is 5. The lowest BCUT2D eigenvalue weighted by atomic mass is 10.1. The zero-order valence-electron chi connectivity index (χ0n) is 19.7. The molecule has 176 valence electrons. The maximum absolute atomic E-state index is 13.3. The third-order valence-corrected chi connectivity index (χ3v) is 6.05. The number of nitrogens with zero attached hydrogens (tertiary/aromatic N) is 5. The summed E-state index contributed by atoms with van der Waals surface area (Å²) in [5.41, 5.74) is 5.43. The van der Waals surface area contributed by atoms with E-state index in [0.717, 1.165) is 46.5 Å². The van der Waals surface area contributed by atoms with Gasteiger partial charge in [-0.3, -0.25) is 9.36 Å². The van der Waals surface area contributed by atoms with Gasteiger partial charge < -0.3 is 19.5 Å². The largest absolute Gasteiger partial charge is 0.382 e. The highest BCUT2D eigenvalue weighted by Crippen LogP contribution is 2.30. The molecule has 0 atom stereocenters. The third kappa shape index (κ3) is 4.54. The molecule has 35 heavy (non-hydrogen) atoms. The van der Waals surface area contributed by atoms with Crippen LogP contribution < -0.4 is 10.5 Å². The van der Waals surface area contributed by atoms with Crippen LogP contribution in [0.1, 0.15) is 11.1 Å². The molecule has 0 aliphatic carbocycles. The quantitative estimate of drug-likeness (QED) is 0.484. The third-order valence-electron chi connectivity index (χ3n) is 6.05. The van der Waals surface area contributed by atoms with Crippen LogP contribution in [-0.4, -0.2) is 59.8 Å². The number of aromatic nitrogens is 3. The van der Waals surface area contributed by atoms with Gasteiger partial charge in [0, 0.05) is 68.4 Å². The van der Waals surface area contributed by atoms with Gasteiger partial charge in [-0.1, -0.05) is 12.1 Å². The normalized spacial score (nSPS) is 14.2. The van der Waals surface area contributed by atoms with E-state index in [-0.39, 0.29) is 5.56 Å². The fourth-order valence-electron chi connectivity index (χ4n) is 4.34. The summed E-state index contributed by atoms with van der Waals surface area (Å²) in [5.74, 6) is 0. The molecule has 0 spiro atoms. The molecule has 3 aromatic heterocycles. The average molecular weight is 467 g/mol. The first-order valence-electron chi connectivity index (χ1n) is 11.5. The number of hydrogen-bond acceptors (Lipinski definition) is 6. The van der Waals surface area contributed by atoms with Crippen LogP contribution in [-0.2, 0) is 4.74 Å². The molecule has 1 N–H and O–H groups in total. The van der Waals surface area contributed by atoms with Gasteiger partial charge in [0.05, 0.1) is 42.4 Å². The number of fused-ring (bicyclic) bond motifs is 1. The van der Waals surface area contributed by atoms with Gasteiger partial charge >= 0.3 is 0 Å². The average Bonchev–Trinajstić information content (AvgIpc) is 3.31. The van der Waals surface area contributed by atoms with Crippen molar-refractivity contribution < 1.29 is 4.74 Å². The minimum Gasteiger partial charge on any atom is -0.382 e. The van der Waals surface area contributed by atoms with Gasteiger partial charge in [-0.15, -0.1) is 0 Å². The van der Waals surface area contributed by atoms with Gasteiger partial charge in [-0.05, 0) is 29.8 Å². The van der Waals surface area contributed by atoms with Gasteiger partial charge in [0.25, 0.3) is 5.56 Å². The molecule has 4 aromatic rings. The van der Waals surface area contributed by atoms with Crippen LogP contribution in [0.25, 0.3) is 27.9 Å². The number of pyridine rings is 2. The molecule has 0 unspecified atom stereocenters. The second-order valence-corrected chi connectivity index (χ2v) is 8.69. The molecule has 4 heterocycles. The van der Waals surface area contributed by atoms with Crippen molar-refractivity contribution in [1.29, 1.82) is 5.26 Å². The zero-order valence-corrected chi connectivity index (χ0v) is 19.7. The maximum Gasteiger partial charge on any atom is 0.255 e. The Morgan fingerprint density at radius 1 is 1.20 bits per heavy atom.